The predicted octanol–water partition coefficient (Wildman–Crippen LogP) is 2.25. The summed E-state index contributed by atoms with van der Waals surface area (Å²) >= 11 is 0. The highest BCUT2D eigenvalue weighted by atomic mass is 19.1. The van der Waals surface area contributed by atoms with E-state index in [0.29, 0.717) is 17.9 Å². The first-order valence-corrected chi connectivity index (χ1v) is 5.57. The number of hydrogen-bond donors (Lipinski definition) is 1. The van der Waals surface area contributed by atoms with Gasteiger partial charge in [0.15, 0.2) is 0 Å². The van der Waals surface area contributed by atoms with E-state index in [-0.39, 0.29) is 5.82 Å². The third-order valence-corrected chi connectivity index (χ3v) is 2.94. The lowest BCUT2D eigenvalue weighted by molar-refractivity contribution is 0.628. The summed E-state index contributed by atoms with van der Waals surface area (Å²) in [6.45, 7) is 2.68. The molecule has 0 aliphatic rings. The van der Waals surface area contributed by atoms with Crippen molar-refractivity contribution in [3.8, 4) is 11.4 Å². The molecule has 2 aromatic rings. The number of hydrogen-bond acceptors (Lipinski definition) is 2. The maximum Gasteiger partial charge on any atom is 0.143 e. The van der Waals surface area contributed by atoms with Crippen molar-refractivity contribution in [2.75, 3.05) is 7.05 Å². The number of imidazole rings is 1. The van der Waals surface area contributed by atoms with Gasteiger partial charge in [0.25, 0.3) is 0 Å². The highest BCUT2D eigenvalue weighted by molar-refractivity contribution is 5.57. The summed E-state index contributed by atoms with van der Waals surface area (Å²) in [4.78, 5) is 4.49. The summed E-state index contributed by atoms with van der Waals surface area (Å²) in [7, 11) is 3.78. The molecule has 1 aromatic carbocycles. The van der Waals surface area contributed by atoms with Crippen molar-refractivity contribution in [3.05, 3.63) is 41.5 Å². The quantitative estimate of drug-likeness (QED) is 0.881. The van der Waals surface area contributed by atoms with Crippen molar-refractivity contribution >= 4 is 0 Å². The summed E-state index contributed by atoms with van der Waals surface area (Å²) < 4.78 is 15.6. The van der Waals surface area contributed by atoms with Crippen molar-refractivity contribution in [2.45, 2.75) is 13.5 Å². The van der Waals surface area contributed by atoms with Gasteiger partial charge in [0, 0.05) is 19.3 Å². The molecule has 3 nitrogen and oxygen atoms in total. The molecular formula is C13H16FN3. The Kier molecular flexibility index (Phi) is 3.24. The first kappa shape index (κ1) is 11.8. The van der Waals surface area contributed by atoms with Gasteiger partial charge in [0.05, 0.1) is 11.3 Å². The molecule has 1 N–H and O–H groups in total. The Bertz CT molecular complexity index is 531. The zero-order valence-electron chi connectivity index (χ0n) is 10.3. The molecule has 1 heterocycles. The normalized spacial score (nSPS) is 10.8. The second-order valence-corrected chi connectivity index (χ2v) is 4.04. The van der Waals surface area contributed by atoms with Gasteiger partial charge >= 0.3 is 0 Å². The fraction of sp³-hybridized carbons (Fsp3) is 0.308. The van der Waals surface area contributed by atoms with Gasteiger partial charge in [-0.3, -0.25) is 0 Å². The Morgan fingerprint density at radius 1 is 1.35 bits per heavy atom. The molecule has 2 rings (SSSR count). The molecule has 1 aromatic heterocycles. The highest BCUT2D eigenvalue weighted by Gasteiger charge is 2.14. The summed E-state index contributed by atoms with van der Waals surface area (Å²) in [6, 6.07) is 6.71. The molecule has 0 unspecified atom stereocenters. The van der Waals surface area contributed by atoms with Crippen LogP contribution in [0, 0.1) is 12.7 Å². The van der Waals surface area contributed by atoms with Crippen LogP contribution in [0.3, 0.4) is 0 Å². The number of rotatable bonds is 3. The number of halogens is 1. The van der Waals surface area contributed by atoms with E-state index in [1.54, 1.807) is 12.1 Å². The Morgan fingerprint density at radius 2 is 2.06 bits per heavy atom. The van der Waals surface area contributed by atoms with Crippen LogP contribution >= 0.6 is 0 Å². The molecule has 0 spiro atoms. The van der Waals surface area contributed by atoms with E-state index in [4.69, 9.17) is 0 Å². The lowest BCUT2D eigenvalue weighted by atomic mass is 10.2. The van der Waals surface area contributed by atoms with Gasteiger partial charge in [-0.2, -0.15) is 0 Å². The summed E-state index contributed by atoms with van der Waals surface area (Å²) in [5.41, 5.74) is 2.55. The van der Waals surface area contributed by atoms with Crippen LogP contribution in [0.5, 0.6) is 0 Å². The number of nitrogens with zero attached hydrogens (tertiary/aromatic N) is 2. The van der Waals surface area contributed by atoms with Crippen LogP contribution in [0.2, 0.25) is 0 Å². The van der Waals surface area contributed by atoms with Gasteiger partial charge in [0.2, 0.25) is 0 Å². The van der Waals surface area contributed by atoms with Crippen molar-refractivity contribution in [2.24, 2.45) is 7.05 Å². The first-order chi connectivity index (χ1) is 8.15. The first-order valence-electron chi connectivity index (χ1n) is 5.57. The van der Waals surface area contributed by atoms with Crippen LogP contribution in [0.15, 0.2) is 24.3 Å². The molecule has 0 fully saturated rings. The second-order valence-electron chi connectivity index (χ2n) is 4.04. The van der Waals surface area contributed by atoms with Crippen LogP contribution in [0.25, 0.3) is 11.4 Å². The van der Waals surface area contributed by atoms with Gasteiger partial charge in [-0.25, -0.2) is 9.37 Å². The minimum absolute atomic E-state index is 0.239. The maximum atomic E-state index is 13.7. The van der Waals surface area contributed by atoms with Crippen molar-refractivity contribution in [1.29, 1.82) is 0 Å². The van der Waals surface area contributed by atoms with E-state index in [2.05, 4.69) is 10.3 Å². The van der Waals surface area contributed by atoms with E-state index in [1.807, 2.05) is 31.7 Å². The molecule has 17 heavy (non-hydrogen) atoms. The van der Waals surface area contributed by atoms with Crippen LogP contribution in [0.1, 0.15) is 11.4 Å². The SMILES string of the molecule is CNCc1nc(-c2ccccc2F)n(C)c1C. The van der Waals surface area contributed by atoms with E-state index < -0.39 is 0 Å². The van der Waals surface area contributed by atoms with E-state index in [9.17, 15) is 4.39 Å². The van der Waals surface area contributed by atoms with Crippen molar-refractivity contribution in [1.82, 2.24) is 14.9 Å². The lowest BCUT2D eigenvalue weighted by Crippen LogP contribution is -2.07. The molecule has 0 saturated carbocycles. The molecule has 0 atom stereocenters. The summed E-state index contributed by atoms with van der Waals surface area (Å²) in [5.74, 6) is 0.433. The van der Waals surface area contributed by atoms with E-state index >= 15 is 0 Å². The van der Waals surface area contributed by atoms with Crippen molar-refractivity contribution in [3.63, 3.8) is 0 Å². The largest absolute Gasteiger partial charge is 0.331 e. The van der Waals surface area contributed by atoms with Crippen LogP contribution in [-0.4, -0.2) is 16.6 Å². The van der Waals surface area contributed by atoms with Gasteiger partial charge < -0.3 is 9.88 Å². The molecule has 0 radical (unpaired) electrons. The van der Waals surface area contributed by atoms with Crippen LogP contribution in [0.4, 0.5) is 4.39 Å². The molecule has 0 saturated heterocycles. The van der Waals surface area contributed by atoms with E-state index in [1.165, 1.54) is 6.07 Å². The number of aromatic nitrogens is 2. The zero-order valence-corrected chi connectivity index (χ0v) is 10.3. The number of nitrogens with one attached hydrogen (secondary N) is 1. The Balaban J connectivity index is 2.53. The van der Waals surface area contributed by atoms with Crippen LogP contribution < -0.4 is 5.32 Å². The lowest BCUT2D eigenvalue weighted by Gasteiger charge is -2.03. The second kappa shape index (κ2) is 4.67. The third kappa shape index (κ3) is 2.08. The zero-order chi connectivity index (χ0) is 12.4. The molecule has 4 heteroatoms. The third-order valence-electron chi connectivity index (χ3n) is 2.94. The van der Waals surface area contributed by atoms with Gasteiger partial charge in [0.1, 0.15) is 11.6 Å². The Hall–Kier alpha value is -1.68. The average molecular weight is 233 g/mol. The minimum Gasteiger partial charge on any atom is -0.331 e. The Morgan fingerprint density at radius 3 is 2.71 bits per heavy atom. The van der Waals surface area contributed by atoms with Gasteiger partial charge in [-0.1, -0.05) is 12.1 Å². The topological polar surface area (TPSA) is 29.9 Å². The summed E-state index contributed by atoms with van der Waals surface area (Å²) in [5, 5.41) is 3.06. The fourth-order valence-electron chi connectivity index (χ4n) is 1.85. The molecule has 0 bridgehead atoms. The smallest absolute Gasteiger partial charge is 0.143 e. The monoisotopic (exact) mass is 233 g/mol. The predicted molar refractivity (Wildman–Crippen MR) is 66.1 cm³/mol. The van der Waals surface area contributed by atoms with E-state index in [0.717, 1.165) is 11.4 Å². The van der Waals surface area contributed by atoms with Gasteiger partial charge in [-0.05, 0) is 26.1 Å². The van der Waals surface area contributed by atoms with Crippen molar-refractivity contribution < 1.29 is 4.39 Å². The Labute approximate surface area is 100 Å². The van der Waals surface area contributed by atoms with Gasteiger partial charge in [-0.15, -0.1) is 0 Å². The summed E-state index contributed by atoms with van der Waals surface area (Å²) in [6.07, 6.45) is 0. The highest BCUT2D eigenvalue weighted by Crippen LogP contribution is 2.23. The maximum absolute atomic E-state index is 13.7. The molecular weight excluding hydrogens is 217 g/mol. The number of benzene rings is 1. The van der Waals surface area contributed by atoms with Crippen LogP contribution in [-0.2, 0) is 13.6 Å². The molecule has 0 amide bonds. The fourth-order valence-corrected chi connectivity index (χ4v) is 1.85. The molecule has 0 aliphatic carbocycles. The average Bonchev–Trinajstić information content (AvgIpc) is 2.59. The standard InChI is InChI=1S/C13H16FN3/c1-9-12(8-15-2)16-13(17(9)3)10-6-4-5-7-11(10)14/h4-7,15H,8H2,1-3H3. The minimum atomic E-state index is -0.239. The molecule has 90 valence electrons. The molecule has 0 aliphatic heterocycles.